The third-order valence-electron chi connectivity index (χ3n) is 2.47. The fourth-order valence-electron chi connectivity index (χ4n) is 1.60. The minimum Gasteiger partial charge on any atom is -0.357 e. The summed E-state index contributed by atoms with van der Waals surface area (Å²) in [5, 5.41) is 2.91. The summed E-state index contributed by atoms with van der Waals surface area (Å²) in [6, 6.07) is 6.37. The van der Waals surface area contributed by atoms with E-state index in [1.807, 2.05) is 6.07 Å². The zero-order chi connectivity index (χ0) is 13.8. The number of hydrogen-bond donors (Lipinski definition) is 1. The number of nitrogens with zero attached hydrogens (tertiary/aromatic N) is 4. The van der Waals surface area contributed by atoms with Gasteiger partial charge in [-0.05, 0) is 29.3 Å². The van der Waals surface area contributed by atoms with Crippen molar-refractivity contribution in [3.8, 4) is 0 Å². The molecule has 1 N–H and O–H groups in total. The molecule has 1 heterocycles. The Bertz CT molecular complexity index is 578. The smallest absolute Gasteiger partial charge is 0.231 e. The summed E-state index contributed by atoms with van der Waals surface area (Å²) >= 11 is 5.81. The van der Waals surface area contributed by atoms with Crippen LogP contribution in [0.5, 0.6) is 0 Å². The molecular weight excluding hydrogens is 269 g/mol. The summed E-state index contributed by atoms with van der Waals surface area (Å²) in [7, 11) is 3.50. The van der Waals surface area contributed by atoms with Crippen molar-refractivity contribution in [2.24, 2.45) is 0 Å². The molecule has 100 valence electrons. The van der Waals surface area contributed by atoms with Gasteiger partial charge in [0.05, 0.1) is 0 Å². The molecule has 0 aliphatic rings. The monoisotopic (exact) mass is 281 g/mol. The first-order chi connectivity index (χ1) is 9.08. The molecule has 0 fully saturated rings. The molecule has 5 nitrogen and oxygen atoms in total. The first kappa shape index (κ1) is 13.5. The Kier molecular flexibility index (Phi) is 4.11. The summed E-state index contributed by atoms with van der Waals surface area (Å²) in [4.78, 5) is 13.9. The fraction of sp³-hybridized carbons (Fsp3) is 0.250. The molecule has 0 unspecified atom stereocenters. The Hall–Kier alpha value is -1.95. The Morgan fingerprint density at radius 3 is 2.79 bits per heavy atom. The van der Waals surface area contributed by atoms with Gasteiger partial charge in [-0.3, -0.25) is 0 Å². The second-order valence-electron chi connectivity index (χ2n) is 3.96. The van der Waals surface area contributed by atoms with Crippen LogP contribution in [0.3, 0.4) is 0 Å². The highest BCUT2D eigenvalue weighted by Gasteiger charge is 2.09. The van der Waals surface area contributed by atoms with Crippen molar-refractivity contribution in [1.29, 1.82) is 0 Å². The average Bonchev–Trinajstić information content (AvgIpc) is 2.38. The van der Waals surface area contributed by atoms with E-state index in [2.05, 4.69) is 20.3 Å². The molecule has 0 aliphatic carbocycles. The van der Waals surface area contributed by atoms with Crippen LogP contribution in [-0.4, -0.2) is 29.0 Å². The standard InChI is InChI=1S/C12H13ClFN5/c1-15-11-16-10(13)17-12(18-11)19(2)7-8-4-3-5-9(14)6-8/h3-6H,7H2,1-2H3,(H,15,16,17,18). The van der Waals surface area contributed by atoms with Crippen LogP contribution in [0.2, 0.25) is 5.28 Å². The molecule has 2 aromatic rings. The van der Waals surface area contributed by atoms with E-state index in [0.29, 0.717) is 18.4 Å². The van der Waals surface area contributed by atoms with Gasteiger partial charge in [0.25, 0.3) is 0 Å². The molecule has 0 saturated heterocycles. The van der Waals surface area contributed by atoms with Crippen LogP contribution in [0.1, 0.15) is 5.56 Å². The maximum absolute atomic E-state index is 13.1. The molecule has 0 bridgehead atoms. The van der Waals surface area contributed by atoms with Gasteiger partial charge in [-0.1, -0.05) is 12.1 Å². The Labute approximate surface area is 115 Å². The van der Waals surface area contributed by atoms with Gasteiger partial charge in [-0.15, -0.1) is 0 Å². The lowest BCUT2D eigenvalue weighted by Crippen LogP contribution is -2.20. The van der Waals surface area contributed by atoms with Gasteiger partial charge in [0, 0.05) is 20.6 Å². The lowest BCUT2D eigenvalue weighted by atomic mass is 10.2. The Morgan fingerprint density at radius 2 is 2.11 bits per heavy atom. The molecule has 1 aromatic carbocycles. The normalized spacial score (nSPS) is 10.3. The van der Waals surface area contributed by atoms with Gasteiger partial charge >= 0.3 is 0 Å². The topological polar surface area (TPSA) is 53.9 Å². The third-order valence-corrected chi connectivity index (χ3v) is 2.64. The van der Waals surface area contributed by atoms with E-state index in [4.69, 9.17) is 11.6 Å². The highest BCUT2D eigenvalue weighted by molar-refractivity contribution is 6.28. The highest BCUT2D eigenvalue weighted by Crippen LogP contribution is 2.15. The quantitative estimate of drug-likeness (QED) is 0.932. The third kappa shape index (κ3) is 3.51. The van der Waals surface area contributed by atoms with Crippen LogP contribution in [-0.2, 0) is 6.54 Å². The maximum atomic E-state index is 13.1. The number of aromatic nitrogens is 3. The molecule has 19 heavy (non-hydrogen) atoms. The van der Waals surface area contributed by atoms with Crippen LogP contribution >= 0.6 is 11.6 Å². The van der Waals surface area contributed by atoms with Crippen molar-refractivity contribution in [2.75, 3.05) is 24.3 Å². The summed E-state index contributed by atoms with van der Waals surface area (Å²) in [5.74, 6) is 0.546. The number of anilines is 2. The van der Waals surface area contributed by atoms with Crippen LogP contribution in [0, 0.1) is 5.82 Å². The highest BCUT2D eigenvalue weighted by atomic mass is 35.5. The minimum absolute atomic E-state index is 0.112. The van der Waals surface area contributed by atoms with Crippen molar-refractivity contribution < 1.29 is 4.39 Å². The molecule has 0 spiro atoms. The predicted molar refractivity (Wildman–Crippen MR) is 72.9 cm³/mol. The number of rotatable bonds is 4. The predicted octanol–water partition coefficient (Wildman–Crippen LogP) is 2.34. The summed E-state index contributed by atoms with van der Waals surface area (Å²) in [5.41, 5.74) is 0.824. The van der Waals surface area contributed by atoms with Gasteiger partial charge in [0.2, 0.25) is 17.2 Å². The van der Waals surface area contributed by atoms with Crippen LogP contribution < -0.4 is 10.2 Å². The second kappa shape index (κ2) is 5.79. The van der Waals surface area contributed by atoms with Crippen molar-refractivity contribution in [3.05, 3.63) is 40.9 Å². The molecular formula is C12H13ClFN5. The maximum Gasteiger partial charge on any atom is 0.231 e. The van der Waals surface area contributed by atoms with Gasteiger partial charge < -0.3 is 10.2 Å². The van der Waals surface area contributed by atoms with E-state index in [-0.39, 0.29) is 11.1 Å². The first-order valence-corrected chi connectivity index (χ1v) is 6.01. The van der Waals surface area contributed by atoms with Crippen molar-refractivity contribution >= 4 is 23.5 Å². The summed E-state index contributed by atoms with van der Waals surface area (Å²) in [6.07, 6.45) is 0. The van der Waals surface area contributed by atoms with E-state index in [1.165, 1.54) is 12.1 Å². The molecule has 1 aromatic heterocycles. The van der Waals surface area contributed by atoms with Crippen LogP contribution in [0.25, 0.3) is 0 Å². The van der Waals surface area contributed by atoms with Crippen molar-refractivity contribution in [1.82, 2.24) is 15.0 Å². The van der Waals surface area contributed by atoms with Gasteiger partial charge in [-0.2, -0.15) is 15.0 Å². The summed E-state index contributed by atoms with van der Waals surface area (Å²) < 4.78 is 13.1. The van der Waals surface area contributed by atoms with Gasteiger partial charge in [-0.25, -0.2) is 4.39 Å². The zero-order valence-corrected chi connectivity index (χ0v) is 11.3. The molecule has 0 amide bonds. The average molecular weight is 282 g/mol. The Morgan fingerprint density at radius 1 is 1.32 bits per heavy atom. The Balaban J connectivity index is 2.20. The molecule has 7 heteroatoms. The number of halogens is 2. The fourth-order valence-corrected chi connectivity index (χ4v) is 1.76. The van der Waals surface area contributed by atoms with Crippen LogP contribution in [0.4, 0.5) is 16.3 Å². The zero-order valence-electron chi connectivity index (χ0n) is 10.6. The van der Waals surface area contributed by atoms with E-state index in [1.54, 1.807) is 25.1 Å². The molecule has 2 rings (SSSR count). The van der Waals surface area contributed by atoms with Crippen LogP contribution in [0.15, 0.2) is 24.3 Å². The lowest BCUT2D eigenvalue weighted by molar-refractivity contribution is 0.625. The molecule has 0 aliphatic heterocycles. The van der Waals surface area contributed by atoms with E-state index < -0.39 is 0 Å². The lowest BCUT2D eigenvalue weighted by Gasteiger charge is -2.17. The number of benzene rings is 1. The number of hydrogen-bond acceptors (Lipinski definition) is 5. The van der Waals surface area contributed by atoms with Crippen molar-refractivity contribution in [2.45, 2.75) is 6.54 Å². The SMILES string of the molecule is CNc1nc(Cl)nc(N(C)Cc2cccc(F)c2)n1. The molecule has 0 atom stereocenters. The molecule has 0 saturated carbocycles. The minimum atomic E-state index is -0.268. The largest absolute Gasteiger partial charge is 0.357 e. The molecule has 0 radical (unpaired) electrons. The van der Waals surface area contributed by atoms with E-state index in [0.717, 1.165) is 5.56 Å². The van der Waals surface area contributed by atoms with E-state index >= 15 is 0 Å². The van der Waals surface area contributed by atoms with Crippen molar-refractivity contribution in [3.63, 3.8) is 0 Å². The van der Waals surface area contributed by atoms with Gasteiger partial charge in [0.15, 0.2) is 0 Å². The second-order valence-corrected chi connectivity index (χ2v) is 4.30. The summed E-state index contributed by atoms with van der Waals surface area (Å²) in [6.45, 7) is 0.473. The van der Waals surface area contributed by atoms with Gasteiger partial charge in [0.1, 0.15) is 5.82 Å². The first-order valence-electron chi connectivity index (χ1n) is 5.63. The number of nitrogens with one attached hydrogen (secondary N) is 1. The van der Waals surface area contributed by atoms with E-state index in [9.17, 15) is 4.39 Å².